The van der Waals surface area contributed by atoms with Gasteiger partial charge < -0.3 is 25.7 Å². The van der Waals surface area contributed by atoms with Crippen LogP contribution < -0.4 is 11.1 Å². The molecule has 104 valence electrons. The average Bonchev–Trinajstić information content (AvgIpc) is 2.95. The molecule has 0 aliphatic carbocycles. The van der Waals surface area contributed by atoms with Crippen LogP contribution in [0.5, 0.6) is 0 Å². The number of likely N-dealkylation sites (tertiary alicyclic amines) is 1. The minimum absolute atomic E-state index is 0.0115. The molecule has 1 aromatic rings. The monoisotopic (exact) mass is 267 g/mol. The first-order chi connectivity index (χ1) is 9.07. The van der Waals surface area contributed by atoms with Crippen LogP contribution in [0.15, 0.2) is 22.0 Å². The molecule has 2 rings (SSSR count). The van der Waals surface area contributed by atoms with Gasteiger partial charge in [-0.05, 0) is 19.9 Å². The number of oxime groups is 1. The van der Waals surface area contributed by atoms with Crippen LogP contribution in [0.25, 0.3) is 0 Å². The summed E-state index contributed by atoms with van der Waals surface area (Å²) < 4.78 is 4.63. The summed E-state index contributed by atoms with van der Waals surface area (Å²) in [6, 6.07) is 1.46. The lowest BCUT2D eigenvalue weighted by atomic mass is 9.86. The van der Waals surface area contributed by atoms with Crippen molar-refractivity contribution >= 4 is 11.7 Å². The third-order valence-electron chi connectivity index (χ3n) is 3.46. The van der Waals surface area contributed by atoms with Gasteiger partial charge in [0.1, 0.15) is 11.8 Å². The third-order valence-corrected chi connectivity index (χ3v) is 3.46. The molecule has 0 bridgehead atoms. The summed E-state index contributed by atoms with van der Waals surface area (Å²) in [5.41, 5.74) is 5.09. The van der Waals surface area contributed by atoms with Crippen molar-refractivity contribution in [1.29, 1.82) is 0 Å². The van der Waals surface area contributed by atoms with E-state index in [1.807, 2.05) is 7.05 Å². The molecule has 8 heteroatoms. The van der Waals surface area contributed by atoms with Gasteiger partial charge in [-0.2, -0.15) is 0 Å². The smallest absolute Gasteiger partial charge is 0.274 e. The fourth-order valence-electron chi connectivity index (χ4n) is 2.15. The number of amidine groups is 1. The van der Waals surface area contributed by atoms with Crippen molar-refractivity contribution in [2.24, 2.45) is 10.9 Å². The number of nitrogens with one attached hydrogen (secondary N) is 1. The molecule has 0 spiro atoms. The van der Waals surface area contributed by atoms with Crippen molar-refractivity contribution in [2.45, 2.75) is 18.4 Å². The molecular formula is C11H17N5O3. The van der Waals surface area contributed by atoms with Gasteiger partial charge in [0.15, 0.2) is 11.5 Å². The average molecular weight is 267 g/mol. The highest BCUT2D eigenvalue weighted by Crippen LogP contribution is 2.22. The second-order valence-electron chi connectivity index (χ2n) is 4.71. The standard InChI is InChI=1S/C11H17N5O3/c1-16-5-3-11(4-6-16,10(12)14-18)13-9(17)8-2-7-19-15-8/h2,7,18H,3-6H2,1H3,(H2,12,14)(H,13,17). The minimum atomic E-state index is -0.836. The van der Waals surface area contributed by atoms with Gasteiger partial charge in [0.05, 0.1) is 0 Å². The maximum Gasteiger partial charge on any atom is 0.274 e. The van der Waals surface area contributed by atoms with Crippen LogP contribution in [0.3, 0.4) is 0 Å². The minimum Gasteiger partial charge on any atom is -0.409 e. The Morgan fingerprint density at radius 1 is 1.63 bits per heavy atom. The molecule has 0 radical (unpaired) electrons. The zero-order valence-corrected chi connectivity index (χ0v) is 10.7. The van der Waals surface area contributed by atoms with Gasteiger partial charge in [-0.1, -0.05) is 10.3 Å². The van der Waals surface area contributed by atoms with Gasteiger partial charge in [-0.3, -0.25) is 4.79 Å². The van der Waals surface area contributed by atoms with Crippen molar-refractivity contribution in [3.8, 4) is 0 Å². The van der Waals surface area contributed by atoms with Crippen molar-refractivity contribution in [3.63, 3.8) is 0 Å². The molecule has 1 aromatic heterocycles. The number of nitrogens with two attached hydrogens (primary N) is 1. The summed E-state index contributed by atoms with van der Waals surface area (Å²) in [6.07, 6.45) is 2.46. The van der Waals surface area contributed by atoms with E-state index in [9.17, 15) is 4.79 Å². The number of hydrogen-bond donors (Lipinski definition) is 3. The Balaban J connectivity index is 2.17. The van der Waals surface area contributed by atoms with E-state index in [0.717, 1.165) is 13.1 Å². The fourth-order valence-corrected chi connectivity index (χ4v) is 2.15. The SMILES string of the molecule is CN1CCC(NC(=O)c2ccon2)(C(N)=NO)CC1. The molecule has 2 heterocycles. The van der Waals surface area contributed by atoms with Gasteiger partial charge >= 0.3 is 0 Å². The van der Waals surface area contributed by atoms with E-state index in [-0.39, 0.29) is 11.5 Å². The number of amides is 1. The Hall–Kier alpha value is -2.09. The van der Waals surface area contributed by atoms with E-state index < -0.39 is 11.4 Å². The molecule has 1 aliphatic rings. The topological polar surface area (TPSA) is 117 Å². The maximum absolute atomic E-state index is 12.0. The van der Waals surface area contributed by atoms with Crippen LogP contribution in [0.4, 0.5) is 0 Å². The zero-order chi connectivity index (χ0) is 13.9. The number of hydrogen-bond acceptors (Lipinski definition) is 6. The first kappa shape index (κ1) is 13.3. The predicted octanol–water partition coefficient (Wildman–Crippen LogP) is -0.385. The quantitative estimate of drug-likeness (QED) is 0.297. The van der Waals surface area contributed by atoms with Crippen LogP contribution in [0.2, 0.25) is 0 Å². The number of nitrogens with zero attached hydrogens (tertiary/aromatic N) is 3. The van der Waals surface area contributed by atoms with Gasteiger partial charge in [0.25, 0.3) is 5.91 Å². The van der Waals surface area contributed by atoms with Gasteiger partial charge in [-0.25, -0.2) is 0 Å². The lowest BCUT2D eigenvalue weighted by Crippen LogP contribution is -2.62. The third kappa shape index (κ3) is 2.68. The van der Waals surface area contributed by atoms with Crippen molar-refractivity contribution in [1.82, 2.24) is 15.4 Å². The van der Waals surface area contributed by atoms with Crippen LogP contribution in [0, 0.1) is 0 Å². The first-order valence-electron chi connectivity index (χ1n) is 5.97. The first-order valence-corrected chi connectivity index (χ1v) is 5.97. The van der Waals surface area contributed by atoms with E-state index in [1.54, 1.807) is 0 Å². The highest BCUT2D eigenvalue weighted by Gasteiger charge is 2.40. The zero-order valence-electron chi connectivity index (χ0n) is 10.7. The summed E-state index contributed by atoms with van der Waals surface area (Å²) in [7, 11) is 1.98. The Morgan fingerprint density at radius 2 is 2.32 bits per heavy atom. The number of carbonyl (C=O) groups is 1. The van der Waals surface area contributed by atoms with Crippen LogP contribution in [0.1, 0.15) is 23.3 Å². The summed E-state index contributed by atoms with van der Waals surface area (Å²) in [6.45, 7) is 1.49. The molecule has 1 saturated heterocycles. The van der Waals surface area contributed by atoms with E-state index in [1.165, 1.54) is 12.3 Å². The maximum atomic E-state index is 12.0. The van der Waals surface area contributed by atoms with Crippen LogP contribution in [-0.2, 0) is 0 Å². The van der Waals surface area contributed by atoms with Crippen LogP contribution in [-0.4, -0.2) is 52.7 Å². The molecule has 1 fully saturated rings. The number of rotatable bonds is 3. The van der Waals surface area contributed by atoms with Crippen molar-refractivity contribution in [2.75, 3.05) is 20.1 Å². The fraction of sp³-hybridized carbons (Fsp3) is 0.545. The Labute approximate surface area is 110 Å². The molecule has 19 heavy (non-hydrogen) atoms. The Bertz CT molecular complexity index is 463. The van der Waals surface area contributed by atoms with Gasteiger partial charge in [0.2, 0.25) is 0 Å². The summed E-state index contributed by atoms with van der Waals surface area (Å²) in [5.74, 6) is -0.387. The van der Waals surface area contributed by atoms with E-state index in [0.29, 0.717) is 12.8 Å². The normalized spacial score (nSPS) is 20.2. The number of carbonyl (C=O) groups excluding carboxylic acids is 1. The summed E-state index contributed by atoms with van der Waals surface area (Å²) in [4.78, 5) is 14.2. The molecule has 4 N–H and O–H groups in total. The molecule has 0 atom stereocenters. The molecular weight excluding hydrogens is 250 g/mol. The van der Waals surface area contributed by atoms with Crippen molar-refractivity contribution in [3.05, 3.63) is 18.0 Å². The van der Waals surface area contributed by atoms with E-state index in [4.69, 9.17) is 10.9 Å². The molecule has 0 saturated carbocycles. The molecule has 0 unspecified atom stereocenters. The van der Waals surface area contributed by atoms with Gasteiger partial charge in [-0.15, -0.1) is 0 Å². The number of aromatic nitrogens is 1. The second-order valence-corrected chi connectivity index (χ2v) is 4.71. The highest BCUT2D eigenvalue weighted by atomic mass is 16.5. The number of piperidine rings is 1. The van der Waals surface area contributed by atoms with Crippen LogP contribution >= 0.6 is 0 Å². The molecule has 1 aliphatic heterocycles. The Kier molecular flexibility index (Phi) is 3.70. The summed E-state index contributed by atoms with van der Waals surface area (Å²) in [5, 5.41) is 18.4. The predicted molar refractivity (Wildman–Crippen MR) is 66.8 cm³/mol. The largest absolute Gasteiger partial charge is 0.409 e. The molecule has 8 nitrogen and oxygen atoms in total. The van der Waals surface area contributed by atoms with E-state index in [2.05, 4.69) is 25.1 Å². The lowest BCUT2D eigenvalue weighted by molar-refractivity contribution is 0.0877. The highest BCUT2D eigenvalue weighted by molar-refractivity contribution is 5.99. The molecule has 1 amide bonds. The second kappa shape index (κ2) is 5.27. The van der Waals surface area contributed by atoms with Crippen molar-refractivity contribution < 1.29 is 14.5 Å². The summed E-state index contributed by atoms with van der Waals surface area (Å²) >= 11 is 0. The van der Waals surface area contributed by atoms with E-state index >= 15 is 0 Å². The lowest BCUT2D eigenvalue weighted by Gasteiger charge is -2.39. The molecule has 0 aromatic carbocycles. The Morgan fingerprint density at radius 3 is 2.84 bits per heavy atom. The van der Waals surface area contributed by atoms with Gasteiger partial charge in [0, 0.05) is 19.2 Å².